The van der Waals surface area contributed by atoms with Gasteiger partial charge in [0.1, 0.15) is 5.69 Å². The van der Waals surface area contributed by atoms with Gasteiger partial charge in [0.2, 0.25) is 0 Å². The van der Waals surface area contributed by atoms with Crippen LogP contribution in [-0.4, -0.2) is 33.0 Å². The predicted octanol–water partition coefficient (Wildman–Crippen LogP) is 1.20. The van der Waals surface area contributed by atoms with Gasteiger partial charge in [-0.2, -0.15) is 0 Å². The van der Waals surface area contributed by atoms with Crippen molar-refractivity contribution in [1.82, 2.24) is 14.9 Å². The zero-order valence-corrected chi connectivity index (χ0v) is 11.3. The quantitative estimate of drug-likeness (QED) is 0.369. The molecule has 0 amide bonds. The lowest BCUT2D eigenvalue weighted by Crippen LogP contribution is -2.19. The highest BCUT2D eigenvalue weighted by molar-refractivity contribution is 5.95. The van der Waals surface area contributed by atoms with E-state index < -0.39 is 0 Å². The molecule has 3 N–H and O–H groups in total. The first-order valence-electron chi connectivity index (χ1n) is 6.20. The molecule has 2 rings (SSSR count). The van der Waals surface area contributed by atoms with Crippen molar-refractivity contribution in [3.63, 3.8) is 0 Å². The molecule has 2 aromatic heterocycles. The Balaban J connectivity index is 2.03. The summed E-state index contributed by atoms with van der Waals surface area (Å²) < 4.78 is 0. The molecule has 0 aromatic carbocycles. The predicted molar refractivity (Wildman–Crippen MR) is 76.2 cm³/mol. The molecular weight excluding hydrogens is 254 g/mol. The van der Waals surface area contributed by atoms with Gasteiger partial charge in [0.25, 0.3) is 0 Å². The molecule has 104 valence electrons. The van der Waals surface area contributed by atoms with Gasteiger partial charge in [-0.1, -0.05) is 11.2 Å². The Morgan fingerprint density at radius 3 is 2.80 bits per heavy atom. The number of nitrogens with two attached hydrogens (primary N) is 1. The summed E-state index contributed by atoms with van der Waals surface area (Å²) in [6.07, 6.45) is 3.43. The van der Waals surface area contributed by atoms with E-state index in [0.717, 1.165) is 24.3 Å². The number of oxime groups is 1. The summed E-state index contributed by atoms with van der Waals surface area (Å²) in [6, 6.07) is 9.58. The molecule has 20 heavy (non-hydrogen) atoms. The lowest BCUT2D eigenvalue weighted by molar-refractivity contribution is 0.314. The Bertz CT molecular complexity index is 585. The summed E-state index contributed by atoms with van der Waals surface area (Å²) in [5.74, 6) is 0.0132. The van der Waals surface area contributed by atoms with E-state index in [1.54, 1.807) is 12.4 Å². The van der Waals surface area contributed by atoms with E-state index in [-0.39, 0.29) is 5.84 Å². The average Bonchev–Trinajstić information content (AvgIpc) is 2.47. The second-order valence-corrected chi connectivity index (χ2v) is 4.53. The van der Waals surface area contributed by atoms with Crippen LogP contribution in [0.2, 0.25) is 0 Å². The van der Waals surface area contributed by atoms with Crippen LogP contribution in [0.5, 0.6) is 0 Å². The van der Waals surface area contributed by atoms with Crippen molar-refractivity contribution in [3.8, 4) is 0 Å². The molecular formula is C14H17N5O. The lowest BCUT2D eigenvalue weighted by atomic mass is 10.2. The molecule has 0 radical (unpaired) electrons. The van der Waals surface area contributed by atoms with E-state index in [4.69, 9.17) is 10.9 Å². The number of pyridine rings is 2. The molecule has 0 aliphatic rings. The second kappa shape index (κ2) is 6.63. The normalized spacial score (nSPS) is 11.8. The number of hydrogen-bond donors (Lipinski definition) is 2. The van der Waals surface area contributed by atoms with Crippen molar-refractivity contribution in [2.75, 3.05) is 7.05 Å². The fourth-order valence-electron chi connectivity index (χ4n) is 1.90. The highest BCUT2D eigenvalue weighted by atomic mass is 16.4. The lowest BCUT2D eigenvalue weighted by Gasteiger charge is -2.16. The fourth-order valence-corrected chi connectivity index (χ4v) is 1.90. The third-order valence-corrected chi connectivity index (χ3v) is 2.81. The Morgan fingerprint density at radius 1 is 1.25 bits per heavy atom. The fraction of sp³-hybridized carbons (Fsp3) is 0.214. The van der Waals surface area contributed by atoms with Crippen molar-refractivity contribution < 1.29 is 5.21 Å². The van der Waals surface area contributed by atoms with Gasteiger partial charge in [0, 0.05) is 25.5 Å². The van der Waals surface area contributed by atoms with Crippen molar-refractivity contribution in [2.45, 2.75) is 13.1 Å². The molecule has 6 heteroatoms. The summed E-state index contributed by atoms with van der Waals surface area (Å²) >= 11 is 0. The minimum atomic E-state index is 0.0132. The minimum Gasteiger partial charge on any atom is -0.409 e. The van der Waals surface area contributed by atoms with Gasteiger partial charge in [-0.05, 0) is 36.9 Å². The molecule has 0 unspecified atom stereocenters. The minimum absolute atomic E-state index is 0.0132. The van der Waals surface area contributed by atoms with Crippen LogP contribution in [0, 0.1) is 0 Å². The number of rotatable bonds is 5. The van der Waals surface area contributed by atoms with Crippen LogP contribution >= 0.6 is 0 Å². The molecule has 0 fully saturated rings. The van der Waals surface area contributed by atoms with Crippen LogP contribution in [0.25, 0.3) is 0 Å². The van der Waals surface area contributed by atoms with Gasteiger partial charge in [0.05, 0.1) is 5.69 Å². The zero-order chi connectivity index (χ0) is 14.4. The first-order valence-corrected chi connectivity index (χ1v) is 6.20. The summed E-state index contributed by atoms with van der Waals surface area (Å²) in [6.45, 7) is 1.48. The molecule has 6 nitrogen and oxygen atoms in total. The van der Waals surface area contributed by atoms with Crippen LogP contribution in [0.15, 0.2) is 47.9 Å². The first kappa shape index (κ1) is 14.0. The molecule has 0 aliphatic heterocycles. The Morgan fingerprint density at radius 2 is 2.10 bits per heavy atom. The Hall–Kier alpha value is -2.47. The highest BCUT2D eigenvalue weighted by Crippen LogP contribution is 2.07. The molecule has 0 saturated carbocycles. The average molecular weight is 271 g/mol. The molecule has 2 aromatic rings. The van der Waals surface area contributed by atoms with Crippen LogP contribution in [0.3, 0.4) is 0 Å². The molecule has 2 heterocycles. The van der Waals surface area contributed by atoms with Gasteiger partial charge in [0.15, 0.2) is 5.84 Å². The maximum absolute atomic E-state index is 8.66. The standard InChI is InChI=1S/C14H17N5O/c1-19(10-12-4-2-3-6-16-12)9-11-5-7-17-13(8-11)14(15)18-20/h2-8,20H,9-10H2,1H3,(H2,15,18). The SMILES string of the molecule is CN(Cc1ccnc(C(N)=NO)c1)Cc1ccccn1. The summed E-state index contributed by atoms with van der Waals surface area (Å²) in [4.78, 5) is 10.5. The molecule has 0 spiro atoms. The highest BCUT2D eigenvalue weighted by Gasteiger charge is 2.06. The van der Waals surface area contributed by atoms with Crippen molar-refractivity contribution >= 4 is 5.84 Å². The molecule has 0 saturated heterocycles. The van der Waals surface area contributed by atoms with Crippen LogP contribution in [0.1, 0.15) is 17.0 Å². The van der Waals surface area contributed by atoms with Crippen LogP contribution in [-0.2, 0) is 13.1 Å². The van der Waals surface area contributed by atoms with Gasteiger partial charge in [-0.25, -0.2) is 0 Å². The Labute approximate surface area is 117 Å². The van der Waals surface area contributed by atoms with E-state index in [1.165, 1.54) is 0 Å². The van der Waals surface area contributed by atoms with Crippen molar-refractivity contribution in [2.24, 2.45) is 10.9 Å². The molecule has 0 atom stereocenters. The summed E-state index contributed by atoms with van der Waals surface area (Å²) in [5.41, 5.74) is 8.06. The second-order valence-electron chi connectivity index (χ2n) is 4.53. The summed E-state index contributed by atoms with van der Waals surface area (Å²) in [5, 5.41) is 11.6. The van der Waals surface area contributed by atoms with E-state index >= 15 is 0 Å². The van der Waals surface area contributed by atoms with Gasteiger partial charge >= 0.3 is 0 Å². The first-order chi connectivity index (χ1) is 9.69. The number of amidine groups is 1. The van der Waals surface area contributed by atoms with E-state index in [1.807, 2.05) is 37.4 Å². The van der Waals surface area contributed by atoms with E-state index in [9.17, 15) is 0 Å². The molecule has 0 aliphatic carbocycles. The Kier molecular flexibility index (Phi) is 4.62. The number of nitrogens with zero attached hydrogens (tertiary/aromatic N) is 4. The topological polar surface area (TPSA) is 87.6 Å². The monoisotopic (exact) mass is 271 g/mol. The van der Waals surface area contributed by atoms with Gasteiger partial charge in [-0.3, -0.25) is 14.9 Å². The van der Waals surface area contributed by atoms with Crippen molar-refractivity contribution in [3.05, 3.63) is 59.7 Å². The smallest absolute Gasteiger partial charge is 0.188 e. The zero-order valence-electron chi connectivity index (χ0n) is 11.3. The van der Waals surface area contributed by atoms with Crippen molar-refractivity contribution in [1.29, 1.82) is 0 Å². The van der Waals surface area contributed by atoms with E-state index in [2.05, 4.69) is 20.0 Å². The molecule has 0 bridgehead atoms. The van der Waals surface area contributed by atoms with Crippen LogP contribution < -0.4 is 5.73 Å². The largest absolute Gasteiger partial charge is 0.409 e. The third-order valence-electron chi connectivity index (χ3n) is 2.81. The van der Waals surface area contributed by atoms with E-state index in [0.29, 0.717) is 5.69 Å². The van der Waals surface area contributed by atoms with Crippen LogP contribution in [0.4, 0.5) is 0 Å². The van der Waals surface area contributed by atoms with Gasteiger partial charge in [-0.15, -0.1) is 0 Å². The third kappa shape index (κ3) is 3.76. The summed E-state index contributed by atoms with van der Waals surface area (Å²) in [7, 11) is 2.01. The van der Waals surface area contributed by atoms with Gasteiger partial charge < -0.3 is 10.9 Å². The maximum Gasteiger partial charge on any atom is 0.188 e. The number of hydrogen-bond acceptors (Lipinski definition) is 5. The maximum atomic E-state index is 8.66. The number of aromatic nitrogens is 2.